The van der Waals surface area contributed by atoms with E-state index < -0.39 is 20.0 Å². The third kappa shape index (κ3) is 63.3. The maximum Gasteiger partial charge on any atom is 0.472 e. The topological polar surface area (TPSA) is 111 Å². The molecule has 1 amide bonds. The number of ether oxygens (including phenoxy) is 1. The fraction of sp³-hybridized carbons (Fsp3) is 0.753. The van der Waals surface area contributed by atoms with E-state index in [0.29, 0.717) is 17.4 Å². The molecular weight excluding hydrogens is 1050 g/mol. The van der Waals surface area contributed by atoms with Gasteiger partial charge in [0, 0.05) is 12.8 Å². The zero-order valence-electron chi connectivity index (χ0n) is 54.9. The summed E-state index contributed by atoms with van der Waals surface area (Å²) in [5, 5.41) is 3.06. The highest BCUT2D eigenvalue weighted by Crippen LogP contribution is 2.43. The van der Waals surface area contributed by atoms with Crippen molar-refractivity contribution in [3.05, 3.63) is 97.2 Å². The van der Waals surface area contributed by atoms with E-state index in [4.69, 9.17) is 13.8 Å². The quantitative estimate of drug-likeness (QED) is 0.0205. The number of likely N-dealkylation sites (N-methyl/N-ethyl adjacent to an activating group) is 1. The number of carbonyl (C=O) groups is 2. The molecule has 0 bridgehead atoms. The number of quaternary nitrogens is 1. The minimum Gasteiger partial charge on any atom is -0.456 e. The third-order valence-corrected chi connectivity index (χ3v) is 16.0. The van der Waals surface area contributed by atoms with Gasteiger partial charge < -0.3 is 19.4 Å². The molecule has 3 atom stereocenters. The zero-order valence-corrected chi connectivity index (χ0v) is 55.8. The number of phosphoric ester groups is 1. The number of esters is 1. The molecule has 0 saturated carbocycles. The van der Waals surface area contributed by atoms with Gasteiger partial charge in [0.25, 0.3) is 0 Å². The van der Waals surface area contributed by atoms with Gasteiger partial charge in [0.15, 0.2) is 0 Å². The molecule has 0 heterocycles. The normalized spacial score (nSPS) is 14.2. The van der Waals surface area contributed by atoms with Crippen molar-refractivity contribution < 1.29 is 37.3 Å². The molecule has 2 N–H and O–H groups in total. The number of hydrogen-bond acceptors (Lipinski definition) is 6. The summed E-state index contributed by atoms with van der Waals surface area (Å²) in [6, 6.07) is -0.857. The lowest BCUT2D eigenvalue weighted by atomic mass is 10.0. The lowest BCUT2D eigenvalue weighted by Crippen LogP contribution is -2.47. The van der Waals surface area contributed by atoms with E-state index in [0.717, 1.165) is 103 Å². The summed E-state index contributed by atoms with van der Waals surface area (Å²) in [5.74, 6) is -0.511. The Hall–Kier alpha value is -3.07. The second-order valence-electron chi connectivity index (χ2n) is 24.3. The molecule has 0 aromatic rings. The lowest BCUT2D eigenvalue weighted by Gasteiger charge is -2.27. The van der Waals surface area contributed by atoms with E-state index >= 15 is 0 Å². The van der Waals surface area contributed by atoms with Gasteiger partial charge in [-0.15, -0.1) is 0 Å². The molecule has 0 aromatic carbocycles. The number of phosphoric acid groups is 1. The van der Waals surface area contributed by atoms with Gasteiger partial charge in [-0.05, 0) is 109 Å². The van der Waals surface area contributed by atoms with E-state index in [9.17, 15) is 19.0 Å². The van der Waals surface area contributed by atoms with Gasteiger partial charge in [0.2, 0.25) is 5.91 Å². The van der Waals surface area contributed by atoms with Crippen LogP contribution in [0.2, 0.25) is 0 Å². The molecular formula is C73H132N2O7P+. The van der Waals surface area contributed by atoms with Crippen molar-refractivity contribution in [1.29, 1.82) is 0 Å². The Labute approximate surface area is 513 Å². The molecule has 480 valence electrons. The summed E-state index contributed by atoms with van der Waals surface area (Å²) in [6.45, 7) is 6.88. The molecule has 0 saturated heterocycles. The predicted octanol–water partition coefficient (Wildman–Crippen LogP) is 21.9. The van der Waals surface area contributed by atoms with Crippen molar-refractivity contribution in [1.82, 2.24) is 5.32 Å². The molecule has 3 unspecified atom stereocenters. The monoisotopic (exact) mass is 1180 g/mol. The van der Waals surface area contributed by atoms with Gasteiger partial charge in [0.1, 0.15) is 19.3 Å². The third-order valence-electron chi connectivity index (χ3n) is 15.0. The van der Waals surface area contributed by atoms with E-state index in [1.54, 1.807) is 0 Å². The highest BCUT2D eigenvalue weighted by atomic mass is 31.2. The minimum absolute atomic E-state index is 0.0357. The van der Waals surface area contributed by atoms with Crippen LogP contribution in [0.5, 0.6) is 0 Å². The van der Waals surface area contributed by atoms with Crippen LogP contribution >= 0.6 is 7.82 Å². The Morgan fingerprint density at radius 1 is 0.434 bits per heavy atom. The molecule has 10 heteroatoms. The van der Waals surface area contributed by atoms with E-state index in [1.807, 2.05) is 33.3 Å². The van der Waals surface area contributed by atoms with Gasteiger partial charge >= 0.3 is 13.8 Å². The number of amides is 1. The smallest absolute Gasteiger partial charge is 0.456 e. The Morgan fingerprint density at radius 3 is 1.18 bits per heavy atom. The summed E-state index contributed by atoms with van der Waals surface area (Å²) >= 11 is 0. The van der Waals surface area contributed by atoms with Crippen molar-refractivity contribution in [2.45, 2.75) is 315 Å². The molecule has 0 aliphatic carbocycles. The van der Waals surface area contributed by atoms with Crippen LogP contribution in [0.3, 0.4) is 0 Å². The van der Waals surface area contributed by atoms with Crippen LogP contribution in [0.1, 0.15) is 303 Å². The molecule has 83 heavy (non-hydrogen) atoms. The van der Waals surface area contributed by atoms with E-state index in [1.165, 1.54) is 167 Å². The summed E-state index contributed by atoms with van der Waals surface area (Å²) in [6.07, 6.45) is 84.1. The first-order valence-electron chi connectivity index (χ1n) is 34.6. The number of nitrogens with zero attached hydrogens (tertiary/aromatic N) is 1. The van der Waals surface area contributed by atoms with Crippen molar-refractivity contribution in [3.8, 4) is 0 Å². The van der Waals surface area contributed by atoms with Crippen molar-refractivity contribution in [2.75, 3.05) is 40.9 Å². The van der Waals surface area contributed by atoms with Gasteiger partial charge in [-0.2, -0.15) is 0 Å². The van der Waals surface area contributed by atoms with Gasteiger partial charge in [-0.3, -0.25) is 18.6 Å². The fourth-order valence-corrected chi connectivity index (χ4v) is 10.4. The molecule has 0 aromatic heterocycles. The van der Waals surface area contributed by atoms with E-state index in [-0.39, 0.29) is 31.5 Å². The first-order chi connectivity index (χ1) is 40.4. The standard InChI is InChI=1S/C73H131N2O7P/c1-7-10-13-16-19-22-25-27-29-31-33-34-35-36-37-38-39-40-42-44-46-48-51-54-57-60-63-66-73(77)82-71(64-61-58-55-52-49-24-21-18-15-12-9-3)70(69-81-83(78,79)80-68-67-75(4,5)6)74-72(76)65-62-59-56-53-50-47-45-43-41-32-30-28-26-23-20-17-14-11-8-2/h10,13,19-20,22-23,27-30,33-34,36-37,61,64,70-71H,7-9,11-12,14-18,21,24-26,31-32,35,38-60,62-63,65-69H2,1-6H3,(H-,74,76,78,79)/p+1/b13-10-,22-19-,23-20-,29-27-,30-28-,34-33-,37-36-,64-61-. The molecule has 0 spiro atoms. The number of carbonyl (C=O) groups excluding carboxylic acids is 2. The summed E-state index contributed by atoms with van der Waals surface area (Å²) in [7, 11) is 1.49. The van der Waals surface area contributed by atoms with Crippen LogP contribution in [-0.4, -0.2) is 74.3 Å². The fourth-order valence-electron chi connectivity index (χ4n) is 9.70. The number of nitrogens with one attached hydrogen (secondary N) is 1. The van der Waals surface area contributed by atoms with Gasteiger partial charge in [0.05, 0.1) is 33.8 Å². The van der Waals surface area contributed by atoms with E-state index in [2.05, 4.69) is 111 Å². The van der Waals surface area contributed by atoms with Crippen molar-refractivity contribution >= 4 is 19.7 Å². The summed E-state index contributed by atoms with van der Waals surface area (Å²) in [5.41, 5.74) is 0. The Balaban J connectivity index is 5.04. The summed E-state index contributed by atoms with van der Waals surface area (Å²) in [4.78, 5) is 37.8. The average Bonchev–Trinajstić information content (AvgIpc) is 3.51. The van der Waals surface area contributed by atoms with Crippen LogP contribution in [-0.2, 0) is 27.9 Å². The Bertz CT molecular complexity index is 1740. The van der Waals surface area contributed by atoms with Crippen molar-refractivity contribution in [3.63, 3.8) is 0 Å². The van der Waals surface area contributed by atoms with Crippen LogP contribution < -0.4 is 5.32 Å². The predicted molar refractivity (Wildman–Crippen MR) is 360 cm³/mol. The first kappa shape index (κ1) is 79.9. The molecule has 0 radical (unpaired) electrons. The SMILES string of the molecule is CC/C=C\C/C=C\C/C=C\C/C=C\C/C=C\CCCCCCCCCCCCCC(=O)OC(/C=C\CCCCCCCCCCC)C(COP(=O)(O)OCC[N+](C)(C)C)NC(=O)CCCCCCCCCCC/C=C\C/C=C\CCCCC. The lowest BCUT2D eigenvalue weighted by molar-refractivity contribution is -0.870. The molecule has 0 aliphatic rings. The average molecular weight is 1180 g/mol. The van der Waals surface area contributed by atoms with Crippen molar-refractivity contribution in [2.24, 2.45) is 0 Å². The van der Waals surface area contributed by atoms with Crippen LogP contribution in [0.4, 0.5) is 0 Å². The number of unbranched alkanes of at least 4 members (excludes halogenated alkanes) is 32. The number of hydrogen-bond donors (Lipinski definition) is 2. The van der Waals surface area contributed by atoms with Gasteiger partial charge in [-0.1, -0.05) is 279 Å². The highest BCUT2D eigenvalue weighted by molar-refractivity contribution is 7.47. The van der Waals surface area contributed by atoms with Crippen LogP contribution in [0.25, 0.3) is 0 Å². The van der Waals surface area contributed by atoms with Crippen LogP contribution in [0.15, 0.2) is 97.2 Å². The largest absolute Gasteiger partial charge is 0.472 e. The number of rotatable bonds is 62. The molecule has 0 aliphatic heterocycles. The second-order valence-corrected chi connectivity index (χ2v) is 25.8. The zero-order chi connectivity index (χ0) is 60.7. The molecule has 9 nitrogen and oxygen atoms in total. The van der Waals surface area contributed by atoms with Gasteiger partial charge in [-0.25, -0.2) is 4.57 Å². The Kier molecular flexibility index (Phi) is 59.7. The first-order valence-corrected chi connectivity index (χ1v) is 36.1. The minimum atomic E-state index is -4.46. The Morgan fingerprint density at radius 2 is 0.771 bits per heavy atom. The maximum absolute atomic E-state index is 13.6. The maximum atomic E-state index is 13.6. The second kappa shape index (κ2) is 62.0. The highest BCUT2D eigenvalue weighted by Gasteiger charge is 2.30. The summed E-state index contributed by atoms with van der Waals surface area (Å²) < 4.78 is 30.8. The molecule has 0 fully saturated rings. The molecule has 0 rings (SSSR count). The van der Waals surface area contributed by atoms with Crippen LogP contribution in [0, 0.1) is 0 Å². The number of allylic oxidation sites excluding steroid dienone is 15.